The summed E-state index contributed by atoms with van der Waals surface area (Å²) in [6, 6.07) is 18.6. The Morgan fingerprint density at radius 1 is 1.07 bits per heavy atom. The van der Waals surface area contributed by atoms with E-state index in [0.29, 0.717) is 33.6 Å². The van der Waals surface area contributed by atoms with Gasteiger partial charge in [-0.15, -0.1) is 0 Å². The van der Waals surface area contributed by atoms with E-state index in [0.717, 1.165) is 24.4 Å². The number of nitro benzene ring substituents is 1. The van der Waals surface area contributed by atoms with E-state index in [-0.39, 0.29) is 27.8 Å². The van der Waals surface area contributed by atoms with Crippen LogP contribution in [0.5, 0.6) is 0 Å². The summed E-state index contributed by atoms with van der Waals surface area (Å²) in [5.74, 6) is -2.51. The summed E-state index contributed by atoms with van der Waals surface area (Å²) in [7, 11) is -4.43. The topological polar surface area (TPSA) is 160 Å². The molecule has 0 spiro atoms. The molecular weight excluding hydrogens is 664 g/mol. The number of alkyl halides is 2. The van der Waals surface area contributed by atoms with Gasteiger partial charge in [0.2, 0.25) is 0 Å². The number of aryl methyl sites for hydroxylation is 1. The van der Waals surface area contributed by atoms with Gasteiger partial charge in [-0.05, 0) is 61.0 Å². The van der Waals surface area contributed by atoms with Crippen LogP contribution in [0.1, 0.15) is 11.1 Å². The molecule has 5 aromatic rings. The van der Waals surface area contributed by atoms with Gasteiger partial charge in [0.1, 0.15) is 21.9 Å². The number of nitrogens with zero attached hydrogens (tertiary/aromatic N) is 4. The molecule has 0 saturated heterocycles. The van der Waals surface area contributed by atoms with Gasteiger partial charge >= 0.3 is 0 Å². The Morgan fingerprint density at radius 3 is 2.50 bits per heavy atom. The van der Waals surface area contributed by atoms with E-state index in [2.05, 4.69) is 25.6 Å². The van der Waals surface area contributed by atoms with Crippen LogP contribution in [-0.2, 0) is 10.0 Å². The van der Waals surface area contributed by atoms with Crippen LogP contribution in [0, 0.1) is 17.0 Å². The minimum Gasteiger partial charge on any atom is -0.339 e. The molecule has 5 rings (SSSR count). The lowest BCUT2D eigenvalue weighted by Crippen LogP contribution is -2.22. The van der Waals surface area contributed by atoms with Crippen LogP contribution in [0.3, 0.4) is 0 Å². The number of para-hydroxylation sites is 1. The number of thioether (sulfide) groups is 1. The van der Waals surface area contributed by atoms with Gasteiger partial charge in [0.05, 0.1) is 27.5 Å². The van der Waals surface area contributed by atoms with Crippen molar-refractivity contribution >= 4 is 73.8 Å². The first-order valence-electron chi connectivity index (χ1n) is 13.1. The largest absolute Gasteiger partial charge is 0.339 e. The number of fused-ring (bicyclic) bond motifs is 1. The number of hydrogen-bond donors (Lipinski definition) is 3. The number of nitro groups is 1. The molecular formula is C29H22ClF2N7O5S2. The van der Waals surface area contributed by atoms with E-state index in [4.69, 9.17) is 11.6 Å². The minimum absolute atomic E-state index is 0.0397. The lowest BCUT2D eigenvalue weighted by molar-refractivity contribution is -0.385. The van der Waals surface area contributed by atoms with Crippen LogP contribution in [-0.4, -0.2) is 34.7 Å². The predicted molar refractivity (Wildman–Crippen MR) is 174 cm³/mol. The van der Waals surface area contributed by atoms with Gasteiger partial charge in [0.25, 0.3) is 27.0 Å². The normalized spacial score (nSPS) is 11.7. The summed E-state index contributed by atoms with van der Waals surface area (Å²) in [6.07, 6.45) is 2.64. The smallest absolute Gasteiger partial charge is 0.288 e. The quantitative estimate of drug-likeness (QED) is 0.0583. The average molecular weight is 686 g/mol. The van der Waals surface area contributed by atoms with Crippen molar-refractivity contribution in [3.05, 3.63) is 122 Å². The van der Waals surface area contributed by atoms with E-state index in [9.17, 15) is 32.1 Å². The van der Waals surface area contributed by atoms with Crippen LogP contribution in [0.4, 0.5) is 37.3 Å². The highest BCUT2D eigenvalue weighted by molar-refractivity contribution is 7.99. The van der Waals surface area contributed by atoms with Crippen LogP contribution >= 0.6 is 23.4 Å². The van der Waals surface area contributed by atoms with E-state index < -0.39 is 36.8 Å². The first-order valence-corrected chi connectivity index (χ1v) is 15.9. The monoisotopic (exact) mass is 685 g/mol. The Kier molecular flexibility index (Phi) is 9.50. The number of rotatable bonds is 11. The molecule has 2 aromatic heterocycles. The van der Waals surface area contributed by atoms with Crippen LogP contribution in [0.15, 0.2) is 105 Å². The predicted octanol–water partition coefficient (Wildman–Crippen LogP) is 6.87. The fourth-order valence-corrected chi connectivity index (χ4v) is 6.22. The fourth-order valence-electron chi connectivity index (χ4n) is 4.23. The van der Waals surface area contributed by atoms with Gasteiger partial charge in [-0.2, -0.15) is 13.9 Å². The third kappa shape index (κ3) is 7.25. The lowest BCUT2D eigenvalue weighted by Gasteiger charge is -2.13. The SMILES string of the molecule is Cc1cccn2c(=O)c(C=NNc3ccc([N+](=O)[O-])cc3S(=O)(=O)Nc3ccccc3Cl)c(Nc3ccc(SC(F)F)cc3)nc12. The molecule has 17 heteroatoms. The van der Waals surface area contributed by atoms with Gasteiger partial charge in [-0.25, -0.2) is 13.4 Å². The molecule has 0 atom stereocenters. The van der Waals surface area contributed by atoms with Gasteiger partial charge in [-0.3, -0.25) is 29.5 Å². The first kappa shape index (κ1) is 32.3. The Labute approximate surface area is 269 Å². The molecule has 0 bridgehead atoms. The Hall–Kier alpha value is -5.06. The van der Waals surface area contributed by atoms with Crippen molar-refractivity contribution in [2.45, 2.75) is 22.5 Å². The van der Waals surface area contributed by atoms with Gasteiger partial charge in [0, 0.05) is 28.9 Å². The zero-order valence-electron chi connectivity index (χ0n) is 23.5. The number of halogens is 3. The zero-order valence-corrected chi connectivity index (χ0v) is 25.9. The summed E-state index contributed by atoms with van der Waals surface area (Å²) in [5.41, 5.74) is 2.88. The number of aromatic nitrogens is 2. The van der Waals surface area contributed by atoms with Gasteiger partial charge in [0.15, 0.2) is 0 Å². The third-order valence-electron chi connectivity index (χ3n) is 6.39. The number of pyridine rings is 1. The van der Waals surface area contributed by atoms with Crippen LogP contribution in [0.25, 0.3) is 5.65 Å². The molecule has 0 unspecified atom stereocenters. The summed E-state index contributed by atoms with van der Waals surface area (Å²) in [5, 5.41) is 18.7. The van der Waals surface area contributed by atoms with Crippen molar-refractivity contribution in [3.63, 3.8) is 0 Å². The molecule has 46 heavy (non-hydrogen) atoms. The van der Waals surface area contributed by atoms with E-state index in [1.807, 2.05) is 0 Å². The van der Waals surface area contributed by atoms with Gasteiger partial charge < -0.3 is 5.32 Å². The van der Waals surface area contributed by atoms with Crippen LogP contribution < -0.4 is 21.0 Å². The molecule has 3 N–H and O–H groups in total. The van der Waals surface area contributed by atoms with Crippen molar-refractivity contribution in [2.24, 2.45) is 5.10 Å². The van der Waals surface area contributed by atoms with Crippen molar-refractivity contribution < 1.29 is 22.1 Å². The maximum atomic E-state index is 13.6. The lowest BCUT2D eigenvalue weighted by atomic mass is 10.2. The highest BCUT2D eigenvalue weighted by atomic mass is 35.5. The molecule has 0 radical (unpaired) electrons. The second kappa shape index (κ2) is 13.5. The maximum Gasteiger partial charge on any atom is 0.288 e. The zero-order chi connectivity index (χ0) is 33.0. The highest BCUT2D eigenvalue weighted by Gasteiger charge is 2.24. The number of anilines is 4. The van der Waals surface area contributed by atoms with E-state index in [1.165, 1.54) is 34.9 Å². The summed E-state index contributed by atoms with van der Waals surface area (Å²) in [6.45, 7) is 1.77. The molecule has 3 aromatic carbocycles. The van der Waals surface area contributed by atoms with Crippen molar-refractivity contribution in [1.29, 1.82) is 0 Å². The maximum absolute atomic E-state index is 13.6. The molecule has 12 nitrogen and oxygen atoms in total. The van der Waals surface area contributed by atoms with Crippen molar-refractivity contribution in [1.82, 2.24) is 9.38 Å². The van der Waals surface area contributed by atoms with Crippen LogP contribution in [0.2, 0.25) is 5.02 Å². The number of hydrogen-bond acceptors (Lipinski definition) is 10. The second-order valence-corrected chi connectivity index (χ2v) is 12.6. The van der Waals surface area contributed by atoms with E-state index in [1.54, 1.807) is 43.3 Å². The number of nitrogens with one attached hydrogen (secondary N) is 3. The molecule has 0 fully saturated rings. The third-order valence-corrected chi connectivity index (χ3v) is 8.85. The molecule has 0 saturated carbocycles. The van der Waals surface area contributed by atoms with E-state index >= 15 is 0 Å². The average Bonchev–Trinajstić information content (AvgIpc) is 3.01. The molecule has 236 valence electrons. The minimum atomic E-state index is -4.43. The van der Waals surface area contributed by atoms with Crippen molar-refractivity contribution in [2.75, 3.05) is 15.5 Å². The Bertz CT molecular complexity index is 2150. The Morgan fingerprint density at radius 2 is 1.80 bits per heavy atom. The Balaban J connectivity index is 1.53. The number of non-ortho nitro benzene ring substituents is 1. The second-order valence-electron chi connectivity index (χ2n) is 9.48. The molecule has 0 amide bonds. The number of sulfonamides is 1. The first-order chi connectivity index (χ1) is 21.9. The molecule has 0 aliphatic rings. The number of hydrazone groups is 1. The molecule has 0 aliphatic carbocycles. The summed E-state index contributed by atoms with van der Waals surface area (Å²) in [4.78, 5) is 28.7. The highest BCUT2D eigenvalue weighted by Crippen LogP contribution is 2.31. The molecule has 0 aliphatic heterocycles. The summed E-state index contributed by atoms with van der Waals surface area (Å²) < 4.78 is 55.8. The summed E-state index contributed by atoms with van der Waals surface area (Å²) >= 11 is 6.50. The standard InChI is InChI=1S/C29H22ClF2N7O5S2/c1-17-5-4-14-38-27(17)35-26(34-18-8-11-20(12-9-18)45-29(31)32)21(28(38)40)16-33-36-24-13-10-19(39(41)42)15-25(24)46(43,44)37-23-7-3-2-6-22(23)30/h2-16,29,34,36-37H,1H3. The van der Waals surface area contributed by atoms with Crippen molar-refractivity contribution in [3.8, 4) is 0 Å². The molecule has 2 heterocycles. The van der Waals surface area contributed by atoms with Gasteiger partial charge in [-0.1, -0.05) is 41.6 Å². The fraction of sp³-hybridized carbons (Fsp3) is 0.0690. The number of benzene rings is 3.